The van der Waals surface area contributed by atoms with E-state index < -0.39 is 0 Å². The van der Waals surface area contributed by atoms with E-state index in [1.807, 2.05) is 39.2 Å². The summed E-state index contributed by atoms with van der Waals surface area (Å²) in [6.45, 7) is 4.35. The maximum absolute atomic E-state index is 6.26. The van der Waals surface area contributed by atoms with Crippen molar-refractivity contribution >= 4 is 40.3 Å². The lowest BCUT2D eigenvalue weighted by Crippen LogP contribution is -2.39. The molecule has 1 heterocycles. The first-order valence-corrected chi connectivity index (χ1v) is 10.4. The zero-order chi connectivity index (χ0) is 20.1. The van der Waals surface area contributed by atoms with Crippen LogP contribution in [0.4, 0.5) is 11.4 Å². The van der Waals surface area contributed by atoms with Crippen LogP contribution in [0.3, 0.4) is 0 Å². The molecule has 6 heteroatoms. The first-order valence-electron chi connectivity index (χ1n) is 9.63. The topological polar surface area (TPSA) is 27.7 Å². The highest BCUT2D eigenvalue weighted by atomic mass is 35.5. The van der Waals surface area contributed by atoms with E-state index in [4.69, 9.17) is 28.6 Å². The largest absolute Gasteiger partial charge is 0.378 e. The fourth-order valence-electron chi connectivity index (χ4n) is 3.31. The summed E-state index contributed by atoms with van der Waals surface area (Å²) in [5.41, 5.74) is 4.34. The van der Waals surface area contributed by atoms with E-state index in [2.05, 4.69) is 39.4 Å². The van der Waals surface area contributed by atoms with E-state index in [1.54, 1.807) is 0 Å². The molecule has 4 nitrogen and oxygen atoms in total. The molecule has 0 aromatic heterocycles. The standard InChI is InChI=1S/C22H28ClN3OS/c1-16-20(23)7-4-8-21(16)24-22(28)26(15-19-6-5-13-27-19)14-17-9-11-18(12-10-17)25(2)3/h4,7-12,19H,5-6,13-15H2,1-3H3,(H,24,28)/t19-/m1/s1. The Hall–Kier alpha value is -1.82. The molecular weight excluding hydrogens is 390 g/mol. The van der Waals surface area contributed by atoms with Crippen molar-refractivity contribution in [3.8, 4) is 0 Å². The number of rotatable bonds is 6. The number of ether oxygens (including phenoxy) is 1. The van der Waals surface area contributed by atoms with Gasteiger partial charge < -0.3 is 19.9 Å². The summed E-state index contributed by atoms with van der Waals surface area (Å²) in [6.07, 6.45) is 2.42. The van der Waals surface area contributed by atoms with Crippen LogP contribution in [0.1, 0.15) is 24.0 Å². The molecule has 1 aliphatic heterocycles. The van der Waals surface area contributed by atoms with Gasteiger partial charge in [-0.15, -0.1) is 0 Å². The van der Waals surface area contributed by atoms with Gasteiger partial charge >= 0.3 is 0 Å². The molecule has 2 aromatic carbocycles. The Morgan fingerprint density at radius 1 is 1.21 bits per heavy atom. The second-order valence-electron chi connectivity index (χ2n) is 7.42. The van der Waals surface area contributed by atoms with Crippen LogP contribution in [-0.4, -0.2) is 43.4 Å². The van der Waals surface area contributed by atoms with Crippen LogP contribution in [0.25, 0.3) is 0 Å². The Kier molecular flexibility index (Phi) is 7.16. The Morgan fingerprint density at radius 2 is 1.96 bits per heavy atom. The van der Waals surface area contributed by atoms with Gasteiger partial charge in [0.05, 0.1) is 6.10 Å². The number of nitrogens with one attached hydrogen (secondary N) is 1. The van der Waals surface area contributed by atoms with E-state index in [-0.39, 0.29) is 6.10 Å². The summed E-state index contributed by atoms with van der Waals surface area (Å²) in [6, 6.07) is 14.4. The monoisotopic (exact) mass is 417 g/mol. The first-order chi connectivity index (χ1) is 13.4. The number of thiocarbonyl (C=S) groups is 1. The Morgan fingerprint density at radius 3 is 2.61 bits per heavy atom. The van der Waals surface area contributed by atoms with Gasteiger partial charge in [0.1, 0.15) is 0 Å². The zero-order valence-electron chi connectivity index (χ0n) is 16.7. The van der Waals surface area contributed by atoms with Crippen molar-refractivity contribution in [2.24, 2.45) is 0 Å². The minimum Gasteiger partial charge on any atom is -0.378 e. The molecule has 0 unspecified atom stereocenters. The average molecular weight is 418 g/mol. The predicted octanol–water partition coefficient (Wildman–Crippen LogP) is 5.09. The SMILES string of the molecule is Cc1c(Cl)cccc1NC(=S)N(Cc1ccc(N(C)C)cc1)C[C@H]1CCCO1. The van der Waals surface area contributed by atoms with Gasteiger partial charge in [-0.05, 0) is 67.4 Å². The molecule has 2 aromatic rings. The average Bonchev–Trinajstić information content (AvgIpc) is 3.18. The summed E-state index contributed by atoms with van der Waals surface area (Å²) < 4.78 is 5.86. The highest BCUT2D eigenvalue weighted by Gasteiger charge is 2.21. The molecule has 3 rings (SSSR count). The highest BCUT2D eigenvalue weighted by Crippen LogP contribution is 2.24. The quantitative estimate of drug-likeness (QED) is 0.660. The van der Waals surface area contributed by atoms with Gasteiger partial charge in [0.15, 0.2) is 5.11 Å². The summed E-state index contributed by atoms with van der Waals surface area (Å²) in [5.74, 6) is 0. The lowest BCUT2D eigenvalue weighted by atomic mass is 10.1. The van der Waals surface area contributed by atoms with Crippen LogP contribution < -0.4 is 10.2 Å². The number of anilines is 2. The van der Waals surface area contributed by atoms with Crippen molar-refractivity contribution in [2.75, 3.05) is 37.5 Å². The van der Waals surface area contributed by atoms with Crippen molar-refractivity contribution in [2.45, 2.75) is 32.4 Å². The van der Waals surface area contributed by atoms with Crippen LogP contribution in [0, 0.1) is 6.92 Å². The Balaban J connectivity index is 1.75. The van der Waals surface area contributed by atoms with Gasteiger partial charge in [-0.25, -0.2) is 0 Å². The molecule has 0 saturated carbocycles. The smallest absolute Gasteiger partial charge is 0.173 e. The predicted molar refractivity (Wildman–Crippen MR) is 123 cm³/mol. The van der Waals surface area contributed by atoms with Gasteiger partial charge in [0.25, 0.3) is 0 Å². The van der Waals surface area contributed by atoms with Crippen molar-refractivity contribution in [1.29, 1.82) is 0 Å². The number of benzene rings is 2. The molecular formula is C22H28ClN3OS. The molecule has 1 atom stereocenters. The lowest BCUT2D eigenvalue weighted by Gasteiger charge is -2.29. The molecule has 1 fully saturated rings. The number of hydrogen-bond acceptors (Lipinski definition) is 3. The van der Waals surface area contributed by atoms with Crippen LogP contribution in [0.2, 0.25) is 5.02 Å². The minimum atomic E-state index is 0.223. The molecule has 1 saturated heterocycles. The van der Waals surface area contributed by atoms with Crippen molar-refractivity contribution in [3.63, 3.8) is 0 Å². The fourth-order valence-corrected chi connectivity index (χ4v) is 3.73. The first kappa shape index (κ1) is 20.9. The minimum absolute atomic E-state index is 0.223. The number of halogens is 1. The van der Waals surface area contributed by atoms with Gasteiger partial charge in [0, 0.05) is 50.2 Å². The third-order valence-electron chi connectivity index (χ3n) is 5.07. The molecule has 1 aliphatic rings. The van der Waals surface area contributed by atoms with E-state index in [9.17, 15) is 0 Å². The molecule has 0 bridgehead atoms. The molecule has 0 spiro atoms. The highest BCUT2D eigenvalue weighted by molar-refractivity contribution is 7.80. The Labute approximate surface area is 178 Å². The van der Waals surface area contributed by atoms with Crippen molar-refractivity contribution < 1.29 is 4.74 Å². The summed E-state index contributed by atoms with van der Waals surface area (Å²) in [4.78, 5) is 4.29. The second kappa shape index (κ2) is 9.59. The molecule has 1 N–H and O–H groups in total. The molecule has 0 amide bonds. The molecule has 150 valence electrons. The Bertz CT molecular complexity index is 804. The van der Waals surface area contributed by atoms with Crippen LogP contribution >= 0.6 is 23.8 Å². The molecule has 28 heavy (non-hydrogen) atoms. The van der Waals surface area contributed by atoms with Crippen LogP contribution in [0.5, 0.6) is 0 Å². The maximum Gasteiger partial charge on any atom is 0.173 e. The summed E-state index contributed by atoms with van der Waals surface area (Å²) in [7, 11) is 4.09. The van der Waals surface area contributed by atoms with E-state index in [1.165, 1.54) is 11.3 Å². The van der Waals surface area contributed by atoms with E-state index in [0.29, 0.717) is 5.11 Å². The maximum atomic E-state index is 6.26. The molecule has 0 radical (unpaired) electrons. The van der Waals surface area contributed by atoms with E-state index >= 15 is 0 Å². The van der Waals surface area contributed by atoms with E-state index in [0.717, 1.165) is 48.8 Å². The summed E-state index contributed by atoms with van der Waals surface area (Å²) >= 11 is 12.0. The van der Waals surface area contributed by atoms with Crippen LogP contribution in [-0.2, 0) is 11.3 Å². The van der Waals surface area contributed by atoms with Gasteiger partial charge in [0.2, 0.25) is 0 Å². The van der Waals surface area contributed by atoms with Crippen LogP contribution in [0.15, 0.2) is 42.5 Å². The van der Waals surface area contributed by atoms with Crippen molar-refractivity contribution in [3.05, 3.63) is 58.6 Å². The third-order valence-corrected chi connectivity index (χ3v) is 5.84. The lowest BCUT2D eigenvalue weighted by molar-refractivity contribution is 0.0905. The number of hydrogen-bond donors (Lipinski definition) is 1. The summed E-state index contributed by atoms with van der Waals surface area (Å²) in [5, 5.41) is 4.81. The zero-order valence-corrected chi connectivity index (χ0v) is 18.3. The number of nitrogens with zero attached hydrogens (tertiary/aromatic N) is 2. The second-order valence-corrected chi connectivity index (χ2v) is 8.21. The van der Waals surface area contributed by atoms with Gasteiger partial charge in [-0.2, -0.15) is 0 Å². The fraction of sp³-hybridized carbons (Fsp3) is 0.409. The normalized spacial score (nSPS) is 16.1. The van der Waals surface area contributed by atoms with Gasteiger partial charge in [-0.1, -0.05) is 29.8 Å². The van der Waals surface area contributed by atoms with Gasteiger partial charge in [-0.3, -0.25) is 0 Å². The van der Waals surface area contributed by atoms with Crippen molar-refractivity contribution in [1.82, 2.24) is 4.90 Å². The molecule has 0 aliphatic carbocycles. The third kappa shape index (κ3) is 5.37.